The first-order chi connectivity index (χ1) is 18.1. The van der Waals surface area contributed by atoms with Gasteiger partial charge in [-0.15, -0.1) is 4.99 Å². The van der Waals surface area contributed by atoms with Crippen molar-refractivity contribution in [1.29, 1.82) is 10.5 Å². The van der Waals surface area contributed by atoms with Crippen LogP contribution in [0.2, 0.25) is 0 Å². The van der Waals surface area contributed by atoms with Gasteiger partial charge >= 0.3 is 6.03 Å². The Kier molecular flexibility index (Phi) is 20.3. The van der Waals surface area contributed by atoms with E-state index in [-0.39, 0.29) is 43.1 Å². The summed E-state index contributed by atoms with van der Waals surface area (Å²) in [5.74, 6) is 0.266. The third kappa shape index (κ3) is 23.1. The van der Waals surface area contributed by atoms with Gasteiger partial charge in [0.05, 0.1) is 26.7 Å². The molecule has 0 aromatic carbocycles. The number of terminal acetylenes is 2. The van der Waals surface area contributed by atoms with E-state index in [1.807, 2.05) is 17.0 Å². The summed E-state index contributed by atoms with van der Waals surface area (Å²) in [5.41, 5.74) is 25.7. The van der Waals surface area contributed by atoms with Crippen molar-refractivity contribution >= 4 is 35.8 Å². The molecular weight excluding hydrogens is 500 g/mol. The molecule has 1 aliphatic heterocycles. The number of guanidine groups is 4. The second-order valence-electron chi connectivity index (χ2n) is 6.10. The average Bonchev–Trinajstić information content (AvgIpc) is 2.85. The zero-order valence-corrected chi connectivity index (χ0v) is 20.2. The molecule has 0 radical (unpaired) electrons. The molecule has 3 amide bonds. The average molecular weight is 531 g/mol. The first-order valence-electron chi connectivity index (χ1n) is 10.1. The van der Waals surface area contributed by atoms with E-state index in [0.717, 1.165) is 0 Å². The van der Waals surface area contributed by atoms with Gasteiger partial charge in [0.25, 0.3) is 0 Å². The predicted molar refractivity (Wildman–Crippen MR) is 140 cm³/mol. The molecule has 20 nitrogen and oxygen atoms in total. The van der Waals surface area contributed by atoms with Crippen molar-refractivity contribution < 1.29 is 9.59 Å². The smallest absolute Gasteiger partial charge is 0.313 e. The fourth-order valence-corrected chi connectivity index (χ4v) is 1.78. The van der Waals surface area contributed by atoms with Gasteiger partial charge in [-0.2, -0.15) is 20.5 Å². The van der Waals surface area contributed by atoms with Crippen LogP contribution in [0.1, 0.15) is 6.42 Å². The fraction of sp³-hybridized carbons (Fsp3) is 0.333. The second kappa shape index (κ2) is 22.7. The summed E-state index contributed by atoms with van der Waals surface area (Å²) >= 11 is 0. The Morgan fingerprint density at radius 3 is 1.87 bits per heavy atom. The van der Waals surface area contributed by atoms with E-state index >= 15 is 0 Å². The molecule has 0 bridgehead atoms. The number of aliphatic imine (C=N–C) groups is 4. The van der Waals surface area contributed by atoms with Crippen LogP contribution in [0.4, 0.5) is 4.79 Å². The maximum Gasteiger partial charge on any atom is 0.313 e. The Labute approximate surface area is 218 Å². The number of amides is 3. The van der Waals surface area contributed by atoms with E-state index in [2.05, 4.69) is 51.9 Å². The van der Waals surface area contributed by atoms with Gasteiger partial charge < -0.3 is 55.3 Å². The van der Waals surface area contributed by atoms with Crippen molar-refractivity contribution in [3.05, 3.63) is 0 Å². The molecule has 20 heteroatoms. The first kappa shape index (κ1) is 34.0. The van der Waals surface area contributed by atoms with Crippen molar-refractivity contribution in [3.63, 3.8) is 0 Å². The van der Waals surface area contributed by atoms with E-state index < -0.39 is 6.03 Å². The lowest BCUT2D eigenvalue weighted by Crippen LogP contribution is -2.45. The van der Waals surface area contributed by atoms with Crippen molar-refractivity contribution in [2.24, 2.45) is 48.6 Å². The monoisotopic (exact) mass is 530 g/mol. The van der Waals surface area contributed by atoms with Gasteiger partial charge in [0.2, 0.25) is 35.9 Å². The number of nitrogens with zero attached hydrogens (tertiary/aromatic N) is 7. The van der Waals surface area contributed by atoms with Crippen molar-refractivity contribution in [2.45, 2.75) is 6.42 Å². The third-order valence-electron chi connectivity index (χ3n) is 3.39. The standard InChI is InChI=1S/C7H12N6O.C6H9N7.C5H9N5O/c8-3-10-7(9)12-5-13-2-1-6(14)11-4-13;1-2-10-5(8)12-4-13-6(9)11-3-7;1-2-8-4(6)9-3-10-5(7)11/h1-2,4-5H2,(H,11,14)(H3,9,10,12);1H,4H2,(H3,8,10,12)(H3,9,11,13);1H,3H2,(H3,6,8,9)(H3,7,10,11). The highest BCUT2D eigenvalue weighted by molar-refractivity contribution is 5.81. The molecular formula is C18H30N18O2. The quantitative estimate of drug-likeness (QED) is 0.0381. The van der Waals surface area contributed by atoms with Gasteiger partial charge in [-0.05, 0) is 0 Å². The molecule has 0 spiro atoms. The molecule has 0 aromatic rings. The molecule has 16 N–H and O–H groups in total. The summed E-state index contributed by atoms with van der Waals surface area (Å²) in [6.07, 6.45) is 13.3. The Morgan fingerprint density at radius 2 is 1.45 bits per heavy atom. The van der Waals surface area contributed by atoms with Crippen molar-refractivity contribution in [3.8, 4) is 37.3 Å². The Balaban J connectivity index is 0. The highest BCUT2D eigenvalue weighted by Crippen LogP contribution is 1.96. The molecule has 0 aliphatic carbocycles. The largest absolute Gasteiger partial charge is 0.369 e. The summed E-state index contributed by atoms with van der Waals surface area (Å²) in [6.45, 7) is 1.80. The number of carbonyl (C=O) groups excluding carboxylic acids is 2. The molecule has 0 aromatic heterocycles. The van der Waals surface area contributed by atoms with Crippen LogP contribution in [0.5, 0.6) is 0 Å². The Bertz CT molecular complexity index is 996. The van der Waals surface area contributed by atoms with Gasteiger partial charge in [-0.1, -0.05) is 12.8 Å². The number of hydrogen-bond acceptors (Lipinski definition) is 9. The molecule has 0 unspecified atom stereocenters. The lowest BCUT2D eigenvalue weighted by molar-refractivity contribution is -0.124. The van der Waals surface area contributed by atoms with E-state index in [9.17, 15) is 9.59 Å². The minimum atomic E-state index is -0.647. The van der Waals surface area contributed by atoms with Crippen LogP contribution in [0, 0.1) is 47.8 Å². The molecule has 1 rings (SSSR count). The first-order valence-corrected chi connectivity index (χ1v) is 10.1. The Hall–Kier alpha value is -6.12. The normalized spacial score (nSPS) is 13.5. The maximum atomic E-state index is 10.8. The van der Waals surface area contributed by atoms with E-state index in [4.69, 9.17) is 52.0 Å². The van der Waals surface area contributed by atoms with Crippen LogP contribution < -0.4 is 60.6 Å². The van der Waals surface area contributed by atoms with Crippen LogP contribution in [0.25, 0.3) is 0 Å². The summed E-state index contributed by atoms with van der Waals surface area (Å²) in [4.78, 5) is 36.6. The minimum absolute atomic E-state index is 0.0106. The van der Waals surface area contributed by atoms with Crippen LogP contribution in [0.15, 0.2) is 20.0 Å². The zero-order chi connectivity index (χ0) is 29.2. The highest BCUT2D eigenvalue weighted by Gasteiger charge is 2.13. The number of hydrogen-bond donors (Lipinski definition) is 11. The third-order valence-corrected chi connectivity index (χ3v) is 3.39. The molecule has 38 heavy (non-hydrogen) atoms. The van der Waals surface area contributed by atoms with Crippen molar-refractivity contribution in [1.82, 2.24) is 36.8 Å². The van der Waals surface area contributed by atoms with E-state index in [1.54, 1.807) is 6.19 Å². The number of nitriles is 2. The van der Waals surface area contributed by atoms with Gasteiger partial charge in [-0.3, -0.25) is 15.0 Å². The zero-order valence-electron chi connectivity index (χ0n) is 20.2. The van der Waals surface area contributed by atoms with Gasteiger partial charge in [0.15, 0.2) is 6.19 Å². The molecule has 0 atom stereocenters. The summed E-state index contributed by atoms with van der Waals surface area (Å²) < 4.78 is 0. The lowest BCUT2D eigenvalue weighted by atomic mass is 10.3. The van der Waals surface area contributed by atoms with Crippen LogP contribution in [-0.4, -0.2) is 73.9 Å². The minimum Gasteiger partial charge on any atom is -0.369 e. The number of rotatable bonds is 6. The van der Waals surface area contributed by atoms with Gasteiger partial charge in [-0.25, -0.2) is 9.79 Å². The van der Waals surface area contributed by atoms with Gasteiger partial charge in [0, 0.05) is 25.1 Å². The Morgan fingerprint density at radius 1 is 0.921 bits per heavy atom. The second-order valence-corrected chi connectivity index (χ2v) is 6.10. The molecule has 0 saturated carbocycles. The fourth-order valence-electron chi connectivity index (χ4n) is 1.78. The molecule has 1 heterocycles. The van der Waals surface area contributed by atoms with Crippen LogP contribution in [-0.2, 0) is 4.79 Å². The van der Waals surface area contributed by atoms with Crippen LogP contribution in [0.3, 0.4) is 0 Å². The molecule has 204 valence electrons. The number of nitrogens with two attached hydrogens (primary N) is 5. The predicted octanol–water partition coefficient (Wildman–Crippen LogP) is -5.96. The SMILES string of the molecule is C#CN=C(N)NCNC(N)=NC#N.C#CN=C(N)NCNC(N)=O.N#CNC(N)=NCN1CCC(=O)NC1. The molecule has 1 fully saturated rings. The van der Waals surface area contributed by atoms with Crippen LogP contribution >= 0.6 is 0 Å². The van der Waals surface area contributed by atoms with E-state index in [1.165, 1.54) is 6.19 Å². The molecule has 1 saturated heterocycles. The topological polar surface area (TPSA) is 337 Å². The highest BCUT2D eigenvalue weighted by atomic mass is 16.2. The maximum absolute atomic E-state index is 10.8. The molecule has 1 aliphatic rings. The van der Waals surface area contributed by atoms with Crippen molar-refractivity contribution in [2.75, 3.05) is 33.2 Å². The summed E-state index contributed by atoms with van der Waals surface area (Å²) in [5, 5.41) is 31.0. The van der Waals surface area contributed by atoms with Gasteiger partial charge in [0.1, 0.15) is 0 Å². The number of carbonyl (C=O) groups is 2. The number of urea groups is 1. The summed E-state index contributed by atoms with van der Waals surface area (Å²) in [7, 11) is 0. The lowest BCUT2D eigenvalue weighted by Gasteiger charge is -2.24. The number of primary amides is 1. The van der Waals surface area contributed by atoms with E-state index in [0.29, 0.717) is 26.3 Å². The number of nitrogens with one attached hydrogen (secondary N) is 6. The summed E-state index contributed by atoms with van der Waals surface area (Å²) in [6, 6.07) is 3.30.